The summed E-state index contributed by atoms with van der Waals surface area (Å²) in [7, 11) is 1.95. The van der Waals surface area contributed by atoms with Gasteiger partial charge in [0, 0.05) is 9.61 Å². The molecule has 1 heterocycles. The topological polar surface area (TPSA) is 63.1 Å². The first kappa shape index (κ1) is 18.5. The third kappa shape index (κ3) is 4.47. The molecule has 134 valence electrons. The molecule has 0 saturated heterocycles. The number of carbonyl (C=O) groups excluding carboxylic acids is 1. The Morgan fingerprint density at radius 1 is 1.23 bits per heavy atom. The Balaban J connectivity index is 1.61. The lowest BCUT2D eigenvalue weighted by atomic mass is 10.1. The highest BCUT2D eigenvalue weighted by molar-refractivity contribution is 14.1. The molecule has 0 fully saturated rings. The molecule has 26 heavy (non-hydrogen) atoms. The van der Waals surface area contributed by atoms with E-state index in [9.17, 15) is 4.79 Å². The molecule has 1 N–H and O–H groups in total. The monoisotopic (exact) mass is 461 g/mol. The van der Waals surface area contributed by atoms with Gasteiger partial charge in [0.1, 0.15) is 12.7 Å². The summed E-state index contributed by atoms with van der Waals surface area (Å²) >= 11 is 2.22. The van der Waals surface area contributed by atoms with Gasteiger partial charge in [0.05, 0.1) is 17.9 Å². The lowest BCUT2D eigenvalue weighted by Crippen LogP contribution is -2.32. The molecule has 0 spiro atoms. The number of halogens is 1. The maximum Gasteiger partial charge on any atom is 0.238 e. The highest BCUT2D eigenvalue weighted by atomic mass is 127. The van der Waals surface area contributed by atoms with Crippen LogP contribution in [0.2, 0.25) is 0 Å². The molecule has 1 amide bonds. The number of para-hydroxylation sites is 1. The molecule has 0 aliphatic carbocycles. The molecule has 3 rings (SSSR count). The van der Waals surface area contributed by atoms with Crippen molar-refractivity contribution in [2.45, 2.75) is 13.0 Å². The number of nitrogens with zero attached hydrogens (tertiary/aromatic N) is 4. The van der Waals surface area contributed by atoms with Gasteiger partial charge in [-0.15, -0.1) is 0 Å². The molecule has 1 aromatic heterocycles. The van der Waals surface area contributed by atoms with Crippen LogP contribution in [0.25, 0.3) is 5.69 Å². The first-order valence-corrected chi connectivity index (χ1v) is 9.32. The van der Waals surface area contributed by atoms with Crippen LogP contribution in [0.15, 0.2) is 61.2 Å². The second-order valence-corrected chi connectivity index (χ2v) is 7.21. The molecule has 2 aromatic carbocycles. The van der Waals surface area contributed by atoms with Gasteiger partial charge in [-0.05, 0) is 66.4 Å². The summed E-state index contributed by atoms with van der Waals surface area (Å²) < 4.78 is 2.74. The molecule has 0 saturated carbocycles. The Bertz CT molecular complexity index is 864. The summed E-state index contributed by atoms with van der Waals surface area (Å²) in [4.78, 5) is 18.3. The van der Waals surface area contributed by atoms with E-state index in [0.717, 1.165) is 20.5 Å². The van der Waals surface area contributed by atoms with Crippen molar-refractivity contribution < 1.29 is 4.79 Å². The summed E-state index contributed by atoms with van der Waals surface area (Å²) in [5.74, 6) is -0.0253. The van der Waals surface area contributed by atoms with Crippen LogP contribution in [-0.4, -0.2) is 39.2 Å². The molecule has 0 aliphatic rings. The molecule has 0 bridgehead atoms. The van der Waals surface area contributed by atoms with E-state index < -0.39 is 0 Å². The molecular weight excluding hydrogens is 441 g/mol. The fraction of sp³-hybridized carbons (Fsp3) is 0.211. The zero-order chi connectivity index (χ0) is 18.5. The van der Waals surface area contributed by atoms with E-state index in [1.807, 2.05) is 48.3 Å². The van der Waals surface area contributed by atoms with Crippen LogP contribution in [0.3, 0.4) is 0 Å². The van der Waals surface area contributed by atoms with E-state index in [4.69, 9.17) is 0 Å². The Labute approximate surface area is 166 Å². The molecule has 3 aromatic rings. The van der Waals surface area contributed by atoms with Gasteiger partial charge >= 0.3 is 0 Å². The predicted octanol–water partition coefficient (Wildman–Crippen LogP) is 3.50. The van der Waals surface area contributed by atoms with E-state index in [1.54, 1.807) is 11.0 Å². The summed E-state index contributed by atoms with van der Waals surface area (Å²) in [6.07, 6.45) is 3.18. The van der Waals surface area contributed by atoms with Crippen molar-refractivity contribution in [3.63, 3.8) is 0 Å². The van der Waals surface area contributed by atoms with Crippen molar-refractivity contribution in [3.8, 4) is 5.69 Å². The van der Waals surface area contributed by atoms with E-state index in [2.05, 4.69) is 57.0 Å². The zero-order valence-corrected chi connectivity index (χ0v) is 16.8. The Hall–Kier alpha value is -2.26. The number of hydrogen-bond donors (Lipinski definition) is 1. The minimum atomic E-state index is -0.0253. The fourth-order valence-electron chi connectivity index (χ4n) is 2.62. The predicted molar refractivity (Wildman–Crippen MR) is 110 cm³/mol. The summed E-state index contributed by atoms with van der Waals surface area (Å²) in [5, 5.41) is 7.09. The van der Waals surface area contributed by atoms with Gasteiger partial charge in [-0.1, -0.05) is 24.3 Å². The van der Waals surface area contributed by atoms with Crippen molar-refractivity contribution in [2.24, 2.45) is 0 Å². The second-order valence-electron chi connectivity index (χ2n) is 6.05. The second kappa shape index (κ2) is 8.41. The number of aromatic nitrogens is 3. The van der Waals surface area contributed by atoms with Gasteiger partial charge in [-0.25, -0.2) is 9.67 Å². The molecule has 1 unspecified atom stereocenters. The summed E-state index contributed by atoms with van der Waals surface area (Å²) in [6, 6.07) is 16.0. The molecular formula is C19H20IN5O. The van der Waals surface area contributed by atoms with Crippen LogP contribution in [0, 0.1) is 3.57 Å². The van der Waals surface area contributed by atoms with Gasteiger partial charge in [0.2, 0.25) is 5.91 Å². The van der Waals surface area contributed by atoms with Crippen LogP contribution < -0.4 is 5.32 Å². The Morgan fingerprint density at radius 2 is 1.96 bits per heavy atom. The number of hydrogen-bond acceptors (Lipinski definition) is 4. The van der Waals surface area contributed by atoms with Crippen molar-refractivity contribution in [1.29, 1.82) is 0 Å². The maximum absolute atomic E-state index is 12.3. The van der Waals surface area contributed by atoms with Crippen LogP contribution in [0.4, 0.5) is 5.69 Å². The van der Waals surface area contributed by atoms with E-state index in [1.165, 1.54) is 6.33 Å². The van der Waals surface area contributed by atoms with E-state index in [0.29, 0.717) is 6.54 Å². The number of rotatable bonds is 6. The first-order chi connectivity index (χ1) is 12.5. The zero-order valence-electron chi connectivity index (χ0n) is 14.6. The lowest BCUT2D eigenvalue weighted by Gasteiger charge is -2.24. The van der Waals surface area contributed by atoms with E-state index >= 15 is 0 Å². The lowest BCUT2D eigenvalue weighted by molar-refractivity contribution is -0.117. The summed E-state index contributed by atoms with van der Waals surface area (Å²) in [5.41, 5.74) is 2.94. The minimum Gasteiger partial charge on any atom is -0.324 e. The number of likely N-dealkylation sites (N-methyl/N-ethyl adjacent to an activating group) is 1. The molecule has 6 nitrogen and oxygen atoms in total. The molecule has 1 atom stereocenters. The van der Waals surface area contributed by atoms with Crippen molar-refractivity contribution in [1.82, 2.24) is 19.7 Å². The molecule has 0 radical (unpaired) electrons. The van der Waals surface area contributed by atoms with Crippen LogP contribution in [0.5, 0.6) is 0 Å². The van der Waals surface area contributed by atoms with Gasteiger partial charge < -0.3 is 5.32 Å². The number of carbonyl (C=O) groups is 1. The number of anilines is 1. The summed E-state index contributed by atoms with van der Waals surface area (Å²) in [6.45, 7) is 2.40. The van der Waals surface area contributed by atoms with Crippen LogP contribution in [0.1, 0.15) is 18.5 Å². The third-order valence-corrected chi connectivity index (χ3v) is 5.20. The van der Waals surface area contributed by atoms with Crippen LogP contribution in [-0.2, 0) is 4.79 Å². The Morgan fingerprint density at radius 3 is 2.62 bits per heavy atom. The minimum absolute atomic E-state index is 0.0253. The highest BCUT2D eigenvalue weighted by Gasteiger charge is 2.15. The normalized spacial score (nSPS) is 12.2. The van der Waals surface area contributed by atoms with Gasteiger partial charge in [-0.2, -0.15) is 5.10 Å². The average Bonchev–Trinajstić information content (AvgIpc) is 3.18. The number of benzene rings is 2. The maximum atomic E-state index is 12.3. The molecule has 7 heteroatoms. The quantitative estimate of drug-likeness (QED) is 0.571. The van der Waals surface area contributed by atoms with Crippen LogP contribution >= 0.6 is 22.6 Å². The fourth-order valence-corrected chi connectivity index (χ4v) is 3.14. The van der Waals surface area contributed by atoms with Gasteiger partial charge in [-0.3, -0.25) is 9.69 Å². The van der Waals surface area contributed by atoms with Gasteiger partial charge in [0.25, 0.3) is 0 Å². The van der Waals surface area contributed by atoms with Crippen molar-refractivity contribution in [3.05, 3.63) is 70.3 Å². The SMILES string of the molecule is CC(c1ccc(-n2cncn2)cc1)N(C)CC(=O)Nc1ccccc1I. The first-order valence-electron chi connectivity index (χ1n) is 8.24. The Kier molecular flexibility index (Phi) is 6.00. The number of amides is 1. The van der Waals surface area contributed by atoms with Crippen molar-refractivity contribution in [2.75, 3.05) is 18.9 Å². The molecule has 0 aliphatic heterocycles. The number of nitrogens with one attached hydrogen (secondary N) is 1. The van der Waals surface area contributed by atoms with Gasteiger partial charge in [0.15, 0.2) is 0 Å². The smallest absolute Gasteiger partial charge is 0.238 e. The van der Waals surface area contributed by atoms with E-state index in [-0.39, 0.29) is 11.9 Å². The third-order valence-electron chi connectivity index (χ3n) is 4.26. The average molecular weight is 461 g/mol. The standard InChI is InChI=1S/C19H20IN5O/c1-14(15-7-9-16(10-8-15)25-13-21-12-22-25)24(2)11-19(26)23-18-6-4-3-5-17(18)20/h3-10,12-14H,11H2,1-2H3,(H,23,26). The highest BCUT2D eigenvalue weighted by Crippen LogP contribution is 2.21. The van der Waals surface area contributed by atoms with Crippen molar-refractivity contribution >= 4 is 34.2 Å². The largest absolute Gasteiger partial charge is 0.324 e.